The zero-order chi connectivity index (χ0) is 3.41. The minimum atomic E-state index is 0. The van der Waals surface area contributed by atoms with Crippen LogP contribution in [0.4, 0.5) is 0 Å². The predicted octanol–water partition coefficient (Wildman–Crippen LogP) is 1.36. The Kier molecular flexibility index (Phi) is 15.9. The SMILES string of the molecule is C=CC=C.[Au]. The van der Waals surface area contributed by atoms with E-state index in [1.54, 1.807) is 12.2 Å². The van der Waals surface area contributed by atoms with Crippen LogP contribution in [-0.4, -0.2) is 0 Å². The molecule has 0 aromatic heterocycles. The summed E-state index contributed by atoms with van der Waals surface area (Å²) in [5.41, 5.74) is 0. The molecule has 0 aromatic carbocycles. The third-order valence-corrected chi connectivity index (χ3v) is 0.167. The molecule has 0 heterocycles. The molecule has 0 aliphatic heterocycles. The van der Waals surface area contributed by atoms with Crippen LogP contribution >= 0.6 is 0 Å². The average molecular weight is 251 g/mol. The van der Waals surface area contributed by atoms with Crippen molar-refractivity contribution in [2.24, 2.45) is 0 Å². The van der Waals surface area contributed by atoms with Gasteiger partial charge in [-0.25, -0.2) is 0 Å². The van der Waals surface area contributed by atoms with E-state index in [1.165, 1.54) is 0 Å². The largest absolute Gasteiger partial charge is 0.0991 e. The third kappa shape index (κ3) is 14.0. The maximum atomic E-state index is 3.36. The van der Waals surface area contributed by atoms with Crippen LogP contribution in [0.1, 0.15) is 0 Å². The molecule has 0 unspecified atom stereocenters. The van der Waals surface area contributed by atoms with Crippen LogP contribution in [0.15, 0.2) is 25.3 Å². The van der Waals surface area contributed by atoms with Gasteiger partial charge in [-0.1, -0.05) is 25.3 Å². The second kappa shape index (κ2) is 8.88. The zero-order valence-electron chi connectivity index (χ0n) is 2.87. The van der Waals surface area contributed by atoms with Crippen LogP contribution in [0.5, 0.6) is 0 Å². The van der Waals surface area contributed by atoms with Crippen molar-refractivity contribution in [1.82, 2.24) is 0 Å². The van der Waals surface area contributed by atoms with Crippen molar-refractivity contribution < 1.29 is 22.4 Å². The van der Waals surface area contributed by atoms with E-state index in [2.05, 4.69) is 13.2 Å². The molecule has 0 bridgehead atoms. The molecular formula is C4H6Au. The zero-order valence-corrected chi connectivity index (χ0v) is 5.04. The predicted molar refractivity (Wildman–Crippen MR) is 20.4 cm³/mol. The van der Waals surface area contributed by atoms with E-state index in [0.29, 0.717) is 0 Å². The summed E-state index contributed by atoms with van der Waals surface area (Å²) in [5, 5.41) is 0. The van der Waals surface area contributed by atoms with Crippen LogP contribution in [-0.2, 0) is 22.4 Å². The molecule has 0 aromatic rings. The monoisotopic (exact) mass is 251 g/mol. The number of hydrogen-bond acceptors (Lipinski definition) is 0. The Labute approximate surface area is 48.1 Å². The number of hydrogen-bond donors (Lipinski definition) is 0. The molecule has 0 N–H and O–H groups in total. The van der Waals surface area contributed by atoms with Crippen LogP contribution < -0.4 is 0 Å². The fourth-order valence-electron chi connectivity index (χ4n) is 0. The molecule has 5 heavy (non-hydrogen) atoms. The van der Waals surface area contributed by atoms with E-state index in [1.807, 2.05) is 0 Å². The molecule has 33 valence electrons. The van der Waals surface area contributed by atoms with Crippen LogP contribution in [0.25, 0.3) is 0 Å². The van der Waals surface area contributed by atoms with Gasteiger partial charge in [0.1, 0.15) is 0 Å². The van der Waals surface area contributed by atoms with E-state index < -0.39 is 0 Å². The Morgan fingerprint density at radius 2 is 1.20 bits per heavy atom. The van der Waals surface area contributed by atoms with Gasteiger partial charge in [0.05, 0.1) is 0 Å². The first-order valence-corrected chi connectivity index (χ1v) is 1.15. The molecule has 0 aliphatic carbocycles. The Hall–Kier alpha value is 0.220. The fourth-order valence-corrected chi connectivity index (χ4v) is 0. The molecule has 0 rings (SSSR count). The maximum Gasteiger partial charge on any atom is 0 e. The van der Waals surface area contributed by atoms with Gasteiger partial charge in [-0.3, -0.25) is 0 Å². The molecular weight excluding hydrogens is 245 g/mol. The average Bonchev–Trinajstić information content (AvgIpc) is 1.37. The molecule has 0 amide bonds. The van der Waals surface area contributed by atoms with Crippen molar-refractivity contribution in [2.45, 2.75) is 0 Å². The molecule has 0 spiro atoms. The molecule has 0 saturated carbocycles. The van der Waals surface area contributed by atoms with Gasteiger partial charge >= 0.3 is 0 Å². The van der Waals surface area contributed by atoms with Gasteiger partial charge in [-0.2, -0.15) is 0 Å². The Morgan fingerprint density at radius 3 is 1.20 bits per heavy atom. The van der Waals surface area contributed by atoms with Crippen molar-refractivity contribution in [1.29, 1.82) is 0 Å². The smallest absolute Gasteiger partial charge is 0 e. The van der Waals surface area contributed by atoms with E-state index in [4.69, 9.17) is 0 Å². The van der Waals surface area contributed by atoms with E-state index in [9.17, 15) is 0 Å². The molecule has 0 aliphatic rings. The molecule has 1 radical (unpaired) electrons. The van der Waals surface area contributed by atoms with Crippen LogP contribution in [0.2, 0.25) is 0 Å². The second-order valence-corrected chi connectivity index (χ2v) is 0.471. The molecule has 0 saturated heterocycles. The van der Waals surface area contributed by atoms with Crippen molar-refractivity contribution >= 4 is 0 Å². The maximum absolute atomic E-state index is 3.36. The summed E-state index contributed by atoms with van der Waals surface area (Å²) in [4.78, 5) is 0. The summed E-state index contributed by atoms with van der Waals surface area (Å²) in [6.07, 6.45) is 3.28. The topological polar surface area (TPSA) is 0 Å². The van der Waals surface area contributed by atoms with E-state index >= 15 is 0 Å². The van der Waals surface area contributed by atoms with Crippen molar-refractivity contribution in [3.05, 3.63) is 25.3 Å². The standard InChI is InChI=1S/C4H6.Au/c1-3-4-2;/h3-4H,1-2H2;. The van der Waals surface area contributed by atoms with Gasteiger partial charge < -0.3 is 0 Å². The fraction of sp³-hybridized carbons (Fsp3) is 0. The summed E-state index contributed by atoms with van der Waals surface area (Å²) >= 11 is 0. The van der Waals surface area contributed by atoms with Gasteiger partial charge in [-0.05, 0) is 0 Å². The number of rotatable bonds is 1. The van der Waals surface area contributed by atoms with Gasteiger partial charge in [0, 0.05) is 22.4 Å². The first kappa shape index (κ1) is 8.97. The van der Waals surface area contributed by atoms with Gasteiger partial charge in [0.25, 0.3) is 0 Å². The molecule has 0 atom stereocenters. The first-order valence-electron chi connectivity index (χ1n) is 1.15. The minimum Gasteiger partial charge on any atom is -0.0991 e. The normalized spacial score (nSPS) is 4.00. The molecule has 0 fully saturated rings. The van der Waals surface area contributed by atoms with Gasteiger partial charge in [0.15, 0.2) is 0 Å². The van der Waals surface area contributed by atoms with Crippen LogP contribution in [0, 0.1) is 0 Å². The second-order valence-electron chi connectivity index (χ2n) is 0.471. The van der Waals surface area contributed by atoms with E-state index in [0.717, 1.165) is 0 Å². The van der Waals surface area contributed by atoms with Gasteiger partial charge in [-0.15, -0.1) is 0 Å². The Morgan fingerprint density at radius 1 is 1.00 bits per heavy atom. The Balaban J connectivity index is 0. The van der Waals surface area contributed by atoms with E-state index in [-0.39, 0.29) is 22.4 Å². The first-order chi connectivity index (χ1) is 1.91. The minimum absolute atomic E-state index is 0. The molecule has 1 heteroatoms. The summed E-state index contributed by atoms with van der Waals surface area (Å²) < 4.78 is 0. The summed E-state index contributed by atoms with van der Waals surface area (Å²) in [7, 11) is 0. The summed E-state index contributed by atoms with van der Waals surface area (Å²) in [5.74, 6) is 0. The van der Waals surface area contributed by atoms with Crippen molar-refractivity contribution in [3.8, 4) is 0 Å². The van der Waals surface area contributed by atoms with Crippen molar-refractivity contribution in [3.63, 3.8) is 0 Å². The number of allylic oxidation sites excluding steroid dienone is 2. The summed E-state index contributed by atoms with van der Waals surface area (Å²) in [6.45, 7) is 6.72. The quantitative estimate of drug-likeness (QED) is 0.487. The summed E-state index contributed by atoms with van der Waals surface area (Å²) in [6, 6.07) is 0. The van der Waals surface area contributed by atoms with Crippen molar-refractivity contribution in [2.75, 3.05) is 0 Å². The molecule has 0 nitrogen and oxygen atoms in total. The third-order valence-electron chi connectivity index (χ3n) is 0.167. The van der Waals surface area contributed by atoms with Crippen LogP contribution in [0.3, 0.4) is 0 Å². The Bertz CT molecular complexity index is 24.6. The van der Waals surface area contributed by atoms with Gasteiger partial charge in [0.2, 0.25) is 0 Å².